The van der Waals surface area contributed by atoms with Gasteiger partial charge >= 0.3 is 18.0 Å². The first-order valence-corrected chi connectivity index (χ1v) is 17.7. The van der Waals surface area contributed by atoms with Crippen molar-refractivity contribution in [1.82, 2.24) is 24.4 Å². The number of carbonyl (C=O) groups is 3. The molecule has 3 heterocycles. The number of nitrogens with one attached hydrogen (secondary N) is 1. The smallest absolute Gasteiger partial charge is 0.350 e. The first kappa shape index (κ1) is 37.5. The summed E-state index contributed by atoms with van der Waals surface area (Å²) >= 11 is 0. The maximum atomic E-state index is 13.7. The molecule has 3 unspecified atom stereocenters. The summed E-state index contributed by atoms with van der Waals surface area (Å²) in [5.41, 5.74) is 0.372. The Morgan fingerprint density at radius 2 is 1.75 bits per heavy atom. The number of esters is 2. The van der Waals surface area contributed by atoms with Crippen LogP contribution in [0.4, 0.5) is 16.3 Å². The van der Waals surface area contributed by atoms with Gasteiger partial charge in [-0.05, 0) is 71.1 Å². The third-order valence-electron chi connectivity index (χ3n) is 9.30. The van der Waals surface area contributed by atoms with Crippen molar-refractivity contribution >= 4 is 40.6 Å². The second-order valence-electron chi connectivity index (χ2n) is 12.9. The highest BCUT2D eigenvalue weighted by Crippen LogP contribution is 2.37. The fraction of sp³-hybridized carbons (Fsp3) is 0.568. The molecule has 3 aromatic rings. The number of ether oxygens (including phenoxy) is 4. The van der Waals surface area contributed by atoms with E-state index in [-0.39, 0.29) is 32.3 Å². The number of aryl methyl sites for hydroxylation is 1. The van der Waals surface area contributed by atoms with Crippen LogP contribution in [0.25, 0.3) is 11.2 Å². The number of fused-ring (bicyclic) bond motifs is 1. The molecule has 2 amide bonds. The molecule has 5 rings (SSSR count). The topological polar surface area (TPSA) is 150 Å². The van der Waals surface area contributed by atoms with E-state index in [0.717, 1.165) is 6.54 Å². The van der Waals surface area contributed by atoms with Gasteiger partial charge in [0.25, 0.3) is 5.60 Å². The van der Waals surface area contributed by atoms with Crippen LogP contribution in [-0.4, -0.2) is 101 Å². The van der Waals surface area contributed by atoms with Crippen LogP contribution in [0.2, 0.25) is 0 Å². The number of anilines is 2. The summed E-state index contributed by atoms with van der Waals surface area (Å²) in [5, 5.41) is 3.42. The van der Waals surface area contributed by atoms with Crippen molar-refractivity contribution in [3.63, 3.8) is 0 Å². The van der Waals surface area contributed by atoms with E-state index in [1.165, 1.54) is 12.8 Å². The van der Waals surface area contributed by atoms with Crippen LogP contribution in [0, 0.1) is 31.1 Å². The summed E-state index contributed by atoms with van der Waals surface area (Å²) in [4.78, 5) is 57.4. The first-order valence-electron chi connectivity index (χ1n) is 17.7. The molecular formula is C37H49N7O7. The van der Waals surface area contributed by atoms with Crippen LogP contribution in [0.1, 0.15) is 64.6 Å². The lowest BCUT2D eigenvalue weighted by atomic mass is 9.93. The zero-order valence-electron chi connectivity index (χ0n) is 30.4. The molecule has 0 spiro atoms. The lowest BCUT2D eigenvalue weighted by Gasteiger charge is -2.31. The van der Waals surface area contributed by atoms with Crippen LogP contribution < -0.4 is 10.2 Å². The van der Waals surface area contributed by atoms with E-state index in [2.05, 4.69) is 26.2 Å². The standard InChI is InChI=1S/C37H49N7O7/c1-8-27-19-30(44-23-39-31-32(38-21-26-13-14-26)40-24(6)41-33(31)44)51-29(27)22-50-37(34(45)48-11-4,35(46)49-12-5)20-25-15-17-28(18-16-25)43(10-3)36(47)42(7)9-2/h1,15-18,23,26-27,29-30H,9-14,19-22H2,2-7H3,(H,38,40,41). The molecule has 1 aromatic carbocycles. The molecule has 274 valence electrons. The van der Waals surface area contributed by atoms with Gasteiger partial charge in [0.05, 0.1) is 38.2 Å². The van der Waals surface area contributed by atoms with E-state index >= 15 is 0 Å². The monoisotopic (exact) mass is 703 g/mol. The van der Waals surface area contributed by atoms with Crippen LogP contribution in [-0.2, 0) is 35.0 Å². The number of imidazole rings is 1. The highest BCUT2D eigenvalue weighted by molar-refractivity contribution is 6.04. The Hall–Kier alpha value is -4.74. The van der Waals surface area contributed by atoms with E-state index in [0.29, 0.717) is 59.5 Å². The van der Waals surface area contributed by atoms with Gasteiger partial charge in [0.2, 0.25) is 0 Å². The Bertz CT molecular complexity index is 1720. The van der Waals surface area contributed by atoms with Crippen LogP contribution in [0.3, 0.4) is 0 Å². The molecule has 1 saturated heterocycles. The molecule has 3 atom stereocenters. The molecule has 2 fully saturated rings. The SMILES string of the molecule is C#CC1CC(n2cnc3c(NCC4CC4)nc(C)nc32)OC1COC(Cc1ccc(N(CC)C(=O)N(C)CC)cc1)(C(=O)OCC)C(=O)OCC. The van der Waals surface area contributed by atoms with Crippen LogP contribution >= 0.6 is 0 Å². The van der Waals surface area contributed by atoms with Gasteiger partial charge in [-0.1, -0.05) is 12.1 Å². The van der Waals surface area contributed by atoms with Crippen LogP contribution in [0.5, 0.6) is 0 Å². The molecule has 0 bridgehead atoms. The quantitative estimate of drug-likeness (QED) is 0.128. The van der Waals surface area contributed by atoms with Crippen molar-refractivity contribution in [1.29, 1.82) is 0 Å². The van der Waals surface area contributed by atoms with Gasteiger partial charge in [0, 0.05) is 45.2 Å². The lowest BCUT2D eigenvalue weighted by Crippen LogP contribution is -2.54. The third kappa shape index (κ3) is 8.26. The van der Waals surface area contributed by atoms with E-state index in [1.54, 1.807) is 61.3 Å². The summed E-state index contributed by atoms with van der Waals surface area (Å²) in [6.07, 6.45) is 9.10. The number of terminal acetylenes is 1. The Balaban J connectivity index is 1.39. The number of hydrogen-bond donors (Lipinski definition) is 1. The maximum absolute atomic E-state index is 13.7. The third-order valence-corrected chi connectivity index (χ3v) is 9.30. The predicted molar refractivity (Wildman–Crippen MR) is 191 cm³/mol. The van der Waals surface area contributed by atoms with Gasteiger partial charge in [-0.2, -0.15) is 0 Å². The van der Waals surface area contributed by atoms with Crippen molar-refractivity contribution in [3.05, 3.63) is 42.0 Å². The Morgan fingerprint density at radius 1 is 1.06 bits per heavy atom. The van der Waals surface area contributed by atoms with Gasteiger partial charge in [0.1, 0.15) is 12.1 Å². The summed E-state index contributed by atoms with van der Waals surface area (Å²) < 4.78 is 25.4. The first-order chi connectivity index (χ1) is 24.6. The second-order valence-corrected chi connectivity index (χ2v) is 12.9. The molecule has 1 N–H and O–H groups in total. The molecule has 0 radical (unpaired) electrons. The Morgan fingerprint density at radius 3 is 2.33 bits per heavy atom. The molecule has 1 aliphatic heterocycles. The van der Waals surface area contributed by atoms with E-state index in [9.17, 15) is 14.4 Å². The minimum Gasteiger partial charge on any atom is -0.463 e. The molecular weight excluding hydrogens is 654 g/mol. The zero-order valence-corrected chi connectivity index (χ0v) is 30.4. The van der Waals surface area contributed by atoms with Gasteiger partial charge in [-0.3, -0.25) is 9.47 Å². The number of nitrogens with zero attached hydrogens (tertiary/aromatic N) is 6. The summed E-state index contributed by atoms with van der Waals surface area (Å²) in [7, 11) is 1.74. The molecule has 2 aliphatic rings. The van der Waals surface area contributed by atoms with Gasteiger partial charge in [-0.25, -0.2) is 29.3 Å². The highest BCUT2D eigenvalue weighted by Gasteiger charge is 2.52. The number of amides is 2. The predicted octanol–water partition coefficient (Wildman–Crippen LogP) is 4.52. The highest BCUT2D eigenvalue weighted by atomic mass is 16.6. The molecule has 1 saturated carbocycles. The van der Waals surface area contributed by atoms with Gasteiger partial charge in [-0.15, -0.1) is 12.3 Å². The van der Waals surface area contributed by atoms with Crippen molar-refractivity contribution in [2.75, 3.05) is 56.7 Å². The fourth-order valence-corrected chi connectivity index (χ4v) is 6.12. The zero-order chi connectivity index (χ0) is 36.7. The molecule has 1 aliphatic carbocycles. The summed E-state index contributed by atoms with van der Waals surface area (Å²) in [5.74, 6) is 2.55. The minimum absolute atomic E-state index is 0.0161. The average molecular weight is 704 g/mol. The number of aromatic nitrogens is 4. The number of hydrogen-bond acceptors (Lipinski definition) is 11. The number of benzene rings is 1. The lowest BCUT2D eigenvalue weighted by molar-refractivity contribution is -0.195. The van der Waals surface area contributed by atoms with Crippen molar-refractivity contribution in [2.45, 2.75) is 78.2 Å². The number of urea groups is 1. The van der Waals surface area contributed by atoms with E-state index < -0.39 is 35.8 Å². The second kappa shape index (κ2) is 16.5. The Labute approximate surface area is 299 Å². The van der Waals surface area contributed by atoms with Gasteiger partial charge in [0.15, 0.2) is 17.0 Å². The van der Waals surface area contributed by atoms with Crippen molar-refractivity contribution < 1.29 is 33.3 Å². The molecule has 14 nitrogen and oxygen atoms in total. The van der Waals surface area contributed by atoms with Crippen molar-refractivity contribution in [3.8, 4) is 12.3 Å². The van der Waals surface area contributed by atoms with Crippen LogP contribution in [0.15, 0.2) is 30.6 Å². The largest absolute Gasteiger partial charge is 0.463 e. The molecule has 2 aromatic heterocycles. The average Bonchev–Trinajstić information content (AvgIpc) is 3.72. The minimum atomic E-state index is -2.15. The van der Waals surface area contributed by atoms with E-state index in [4.69, 9.17) is 25.4 Å². The normalized spacial score (nSPS) is 18.6. The summed E-state index contributed by atoms with van der Waals surface area (Å²) in [6.45, 7) is 10.6. The molecule has 14 heteroatoms. The van der Waals surface area contributed by atoms with Crippen molar-refractivity contribution in [2.24, 2.45) is 11.8 Å². The summed E-state index contributed by atoms with van der Waals surface area (Å²) in [6, 6.07) is 6.91. The Kier molecular flexibility index (Phi) is 12.2. The fourth-order valence-electron chi connectivity index (χ4n) is 6.12. The van der Waals surface area contributed by atoms with E-state index in [1.807, 2.05) is 25.3 Å². The van der Waals surface area contributed by atoms with Gasteiger partial charge < -0.3 is 29.2 Å². The maximum Gasteiger partial charge on any atom is 0.350 e. The number of carbonyl (C=O) groups excluding carboxylic acids is 3. The molecule has 51 heavy (non-hydrogen) atoms. The number of rotatable bonds is 16.